The van der Waals surface area contributed by atoms with Gasteiger partial charge in [0, 0.05) is 12.6 Å². The number of amides is 2. The van der Waals surface area contributed by atoms with E-state index in [0.29, 0.717) is 19.3 Å². The van der Waals surface area contributed by atoms with Gasteiger partial charge in [-0.1, -0.05) is 0 Å². The Bertz CT molecular complexity index is 203. The van der Waals surface area contributed by atoms with Gasteiger partial charge in [0.25, 0.3) is 0 Å². The van der Waals surface area contributed by atoms with Gasteiger partial charge in [0.05, 0.1) is 12.7 Å². The average molecular weight is 229 g/mol. The third kappa shape index (κ3) is 5.92. The summed E-state index contributed by atoms with van der Waals surface area (Å²) in [7, 11) is 0. The Morgan fingerprint density at radius 1 is 1.44 bits per heavy atom. The number of nitrogens with one attached hydrogen (secondary N) is 3. The van der Waals surface area contributed by atoms with Crippen LogP contribution in [0.15, 0.2) is 0 Å². The molecule has 1 heterocycles. The van der Waals surface area contributed by atoms with Crippen molar-refractivity contribution in [3.05, 3.63) is 0 Å². The minimum atomic E-state index is -0.121. The summed E-state index contributed by atoms with van der Waals surface area (Å²) in [6, 6.07) is 0.0502. The molecule has 0 aliphatic carbocycles. The molecule has 3 N–H and O–H groups in total. The molecule has 5 heteroatoms. The minimum Gasteiger partial charge on any atom is -0.376 e. The molecule has 1 fully saturated rings. The molecule has 94 valence electrons. The summed E-state index contributed by atoms with van der Waals surface area (Å²) in [6.07, 6.45) is 2.49. The second kappa shape index (κ2) is 7.46. The van der Waals surface area contributed by atoms with Gasteiger partial charge >= 0.3 is 6.03 Å². The van der Waals surface area contributed by atoms with Crippen LogP contribution < -0.4 is 16.0 Å². The molecule has 1 aliphatic heterocycles. The van der Waals surface area contributed by atoms with Gasteiger partial charge in [0.1, 0.15) is 0 Å². The van der Waals surface area contributed by atoms with Crippen LogP contribution in [0.2, 0.25) is 0 Å². The summed E-state index contributed by atoms with van der Waals surface area (Å²) in [4.78, 5) is 11.2. The molecule has 0 aromatic rings. The molecule has 0 bridgehead atoms. The lowest BCUT2D eigenvalue weighted by Crippen LogP contribution is -2.41. The molecule has 1 rings (SSSR count). The van der Waals surface area contributed by atoms with Crippen molar-refractivity contribution in [3.8, 4) is 0 Å². The number of carbonyl (C=O) groups excluding carboxylic acids is 1. The molecule has 1 aliphatic rings. The van der Waals surface area contributed by atoms with E-state index in [0.717, 1.165) is 25.9 Å². The van der Waals surface area contributed by atoms with Gasteiger partial charge in [-0.2, -0.15) is 0 Å². The van der Waals surface area contributed by atoms with Gasteiger partial charge in [0.2, 0.25) is 0 Å². The van der Waals surface area contributed by atoms with Crippen LogP contribution in [0.1, 0.15) is 26.7 Å². The lowest BCUT2D eigenvalue weighted by molar-refractivity contribution is 0.0357. The average Bonchev–Trinajstić information content (AvgIpc) is 2.25. The summed E-state index contributed by atoms with van der Waals surface area (Å²) < 4.78 is 5.66. The number of piperidine rings is 1. The van der Waals surface area contributed by atoms with Crippen molar-refractivity contribution in [2.75, 3.05) is 26.2 Å². The molecule has 0 spiro atoms. The highest BCUT2D eigenvalue weighted by Gasteiger charge is 2.12. The highest BCUT2D eigenvalue weighted by atomic mass is 16.5. The third-order valence-electron chi connectivity index (χ3n) is 2.45. The molecule has 5 nitrogen and oxygen atoms in total. The van der Waals surface area contributed by atoms with Crippen LogP contribution in [0, 0.1) is 0 Å². The molecular formula is C11H23N3O2. The maximum absolute atomic E-state index is 11.2. The molecule has 2 amide bonds. The van der Waals surface area contributed by atoms with Gasteiger partial charge in [0.15, 0.2) is 0 Å². The van der Waals surface area contributed by atoms with E-state index in [1.165, 1.54) is 0 Å². The summed E-state index contributed by atoms with van der Waals surface area (Å²) in [5.74, 6) is 0. The second-order valence-electron chi connectivity index (χ2n) is 4.38. The molecule has 0 aromatic carbocycles. The summed E-state index contributed by atoms with van der Waals surface area (Å²) >= 11 is 0. The molecule has 0 saturated carbocycles. The standard InChI is InChI=1S/C11H23N3O2/c1-9(2)14-11(15)13-7-8-16-10-3-5-12-6-4-10/h9-10,12H,3-8H2,1-2H3,(H2,13,14,15). The Kier molecular flexibility index (Phi) is 6.18. The van der Waals surface area contributed by atoms with Crippen molar-refractivity contribution in [3.63, 3.8) is 0 Å². The van der Waals surface area contributed by atoms with E-state index in [9.17, 15) is 4.79 Å². The number of hydrogen-bond acceptors (Lipinski definition) is 3. The van der Waals surface area contributed by atoms with Gasteiger partial charge in [-0.25, -0.2) is 4.79 Å². The van der Waals surface area contributed by atoms with E-state index in [2.05, 4.69) is 16.0 Å². The van der Waals surface area contributed by atoms with Crippen LogP contribution in [-0.4, -0.2) is 44.4 Å². The van der Waals surface area contributed by atoms with Crippen molar-refractivity contribution in [1.82, 2.24) is 16.0 Å². The van der Waals surface area contributed by atoms with Crippen LogP contribution in [-0.2, 0) is 4.74 Å². The van der Waals surface area contributed by atoms with Crippen LogP contribution in [0.3, 0.4) is 0 Å². The lowest BCUT2D eigenvalue weighted by Gasteiger charge is -2.23. The number of rotatable bonds is 5. The highest BCUT2D eigenvalue weighted by Crippen LogP contribution is 2.06. The van der Waals surface area contributed by atoms with Crippen molar-refractivity contribution >= 4 is 6.03 Å². The lowest BCUT2D eigenvalue weighted by atomic mass is 10.1. The molecule has 1 saturated heterocycles. The minimum absolute atomic E-state index is 0.121. The Labute approximate surface area is 97.3 Å². The zero-order chi connectivity index (χ0) is 11.8. The monoisotopic (exact) mass is 229 g/mol. The van der Waals surface area contributed by atoms with Crippen molar-refractivity contribution < 1.29 is 9.53 Å². The Hall–Kier alpha value is -0.810. The van der Waals surface area contributed by atoms with E-state index in [4.69, 9.17) is 4.74 Å². The zero-order valence-electron chi connectivity index (χ0n) is 10.2. The van der Waals surface area contributed by atoms with Gasteiger partial charge < -0.3 is 20.7 Å². The molecule has 0 radical (unpaired) electrons. The topological polar surface area (TPSA) is 62.4 Å². The largest absolute Gasteiger partial charge is 0.376 e. The predicted molar refractivity (Wildman–Crippen MR) is 63.5 cm³/mol. The van der Waals surface area contributed by atoms with Crippen molar-refractivity contribution in [2.24, 2.45) is 0 Å². The second-order valence-corrected chi connectivity index (χ2v) is 4.38. The first-order chi connectivity index (χ1) is 7.68. The number of urea groups is 1. The SMILES string of the molecule is CC(C)NC(=O)NCCOC1CCNCC1. The fraction of sp³-hybridized carbons (Fsp3) is 0.909. The fourth-order valence-electron chi connectivity index (χ4n) is 1.67. The highest BCUT2D eigenvalue weighted by molar-refractivity contribution is 5.73. The van der Waals surface area contributed by atoms with Crippen molar-refractivity contribution in [2.45, 2.75) is 38.8 Å². The maximum atomic E-state index is 11.2. The Morgan fingerprint density at radius 3 is 2.75 bits per heavy atom. The molecule has 0 aromatic heterocycles. The Balaban J connectivity index is 1.96. The summed E-state index contributed by atoms with van der Waals surface area (Å²) in [5, 5.41) is 8.81. The van der Waals surface area contributed by atoms with Gasteiger partial charge in [-0.05, 0) is 39.8 Å². The van der Waals surface area contributed by atoms with E-state index in [1.807, 2.05) is 13.8 Å². The normalized spacial score (nSPS) is 17.4. The Morgan fingerprint density at radius 2 is 2.12 bits per heavy atom. The van der Waals surface area contributed by atoms with E-state index in [-0.39, 0.29) is 12.1 Å². The quantitative estimate of drug-likeness (QED) is 0.600. The van der Waals surface area contributed by atoms with Crippen LogP contribution >= 0.6 is 0 Å². The van der Waals surface area contributed by atoms with Crippen LogP contribution in [0.5, 0.6) is 0 Å². The molecule has 0 atom stereocenters. The predicted octanol–water partition coefficient (Wildman–Crippen LogP) is 0.463. The van der Waals surface area contributed by atoms with Crippen molar-refractivity contribution in [1.29, 1.82) is 0 Å². The molecular weight excluding hydrogens is 206 g/mol. The summed E-state index contributed by atoms with van der Waals surface area (Å²) in [6.45, 7) is 7.10. The molecule has 0 unspecified atom stereocenters. The fourth-order valence-corrected chi connectivity index (χ4v) is 1.67. The first-order valence-electron chi connectivity index (χ1n) is 6.05. The first kappa shape index (κ1) is 13.3. The van der Waals surface area contributed by atoms with Gasteiger partial charge in [-0.3, -0.25) is 0 Å². The number of carbonyl (C=O) groups is 1. The maximum Gasteiger partial charge on any atom is 0.315 e. The number of hydrogen-bond donors (Lipinski definition) is 3. The van der Waals surface area contributed by atoms with E-state index < -0.39 is 0 Å². The molecule has 16 heavy (non-hydrogen) atoms. The zero-order valence-corrected chi connectivity index (χ0v) is 10.2. The van der Waals surface area contributed by atoms with Crippen LogP contribution in [0.4, 0.5) is 4.79 Å². The summed E-state index contributed by atoms with van der Waals surface area (Å²) in [5.41, 5.74) is 0. The third-order valence-corrected chi connectivity index (χ3v) is 2.45. The first-order valence-corrected chi connectivity index (χ1v) is 6.05. The number of ether oxygens (including phenoxy) is 1. The van der Waals surface area contributed by atoms with E-state index >= 15 is 0 Å². The van der Waals surface area contributed by atoms with E-state index in [1.54, 1.807) is 0 Å². The van der Waals surface area contributed by atoms with Gasteiger partial charge in [-0.15, -0.1) is 0 Å². The smallest absolute Gasteiger partial charge is 0.315 e. The van der Waals surface area contributed by atoms with Crippen LogP contribution in [0.25, 0.3) is 0 Å².